The van der Waals surface area contributed by atoms with Crippen LogP contribution in [0.25, 0.3) is 22.2 Å². The average molecular weight is 435 g/mol. The fourth-order valence-electron chi connectivity index (χ4n) is 3.70. The highest BCUT2D eigenvalue weighted by Gasteiger charge is 2.21. The number of benzene rings is 3. The standard InChI is InChI=1S/C25H22FNO5/c1-30-21-10-16(11-22(31-2)25(21)32-14-15-6-4-3-5-7-15)24-19(13-23(28)29)18-12-17(26)8-9-20(18)27-24/h3-12,27H,13-14H2,1-2H3,(H,28,29). The van der Waals surface area contributed by atoms with Crippen LogP contribution in [0.2, 0.25) is 0 Å². The molecule has 0 unspecified atom stereocenters. The second-order valence-electron chi connectivity index (χ2n) is 7.22. The summed E-state index contributed by atoms with van der Waals surface area (Å²) in [5.74, 6) is -0.153. The molecular formula is C25H22FNO5. The van der Waals surface area contributed by atoms with Gasteiger partial charge in [0.15, 0.2) is 11.5 Å². The first-order chi connectivity index (χ1) is 15.5. The van der Waals surface area contributed by atoms with Gasteiger partial charge in [0.1, 0.15) is 12.4 Å². The highest BCUT2D eigenvalue weighted by atomic mass is 19.1. The number of nitrogens with one attached hydrogen (secondary N) is 1. The maximum absolute atomic E-state index is 13.9. The lowest BCUT2D eigenvalue weighted by Gasteiger charge is -2.16. The quantitative estimate of drug-likeness (QED) is 0.398. The van der Waals surface area contributed by atoms with E-state index in [0.29, 0.717) is 51.6 Å². The van der Waals surface area contributed by atoms with Crippen LogP contribution >= 0.6 is 0 Å². The average Bonchev–Trinajstić information content (AvgIpc) is 3.14. The first-order valence-corrected chi connectivity index (χ1v) is 9.95. The topological polar surface area (TPSA) is 80.8 Å². The zero-order valence-electron chi connectivity index (χ0n) is 17.6. The zero-order chi connectivity index (χ0) is 22.7. The highest BCUT2D eigenvalue weighted by Crippen LogP contribution is 2.43. The van der Waals surface area contributed by atoms with Crippen molar-refractivity contribution in [3.63, 3.8) is 0 Å². The number of H-pyrrole nitrogens is 1. The molecule has 4 rings (SSSR count). The maximum Gasteiger partial charge on any atom is 0.307 e. The van der Waals surface area contributed by atoms with E-state index in [4.69, 9.17) is 14.2 Å². The van der Waals surface area contributed by atoms with Gasteiger partial charge in [0.25, 0.3) is 0 Å². The van der Waals surface area contributed by atoms with Gasteiger partial charge in [-0.2, -0.15) is 0 Å². The molecule has 2 N–H and O–H groups in total. The molecule has 0 amide bonds. The van der Waals surface area contributed by atoms with Crippen molar-refractivity contribution in [1.29, 1.82) is 0 Å². The Hall–Kier alpha value is -4.00. The van der Waals surface area contributed by atoms with Gasteiger partial charge in [-0.15, -0.1) is 0 Å². The first-order valence-electron chi connectivity index (χ1n) is 9.95. The fourth-order valence-corrected chi connectivity index (χ4v) is 3.70. The van der Waals surface area contributed by atoms with Crippen LogP contribution in [0.5, 0.6) is 17.2 Å². The van der Waals surface area contributed by atoms with Crippen LogP contribution in [-0.2, 0) is 17.8 Å². The lowest BCUT2D eigenvalue weighted by Crippen LogP contribution is -2.02. The summed E-state index contributed by atoms with van der Waals surface area (Å²) in [6.45, 7) is 0.322. The molecule has 0 saturated carbocycles. The molecule has 0 saturated heterocycles. The monoisotopic (exact) mass is 435 g/mol. The van der Waals surface area contributed by atoms with E-state index in [2.05, 4.69) is 4.98 Å². The smallest absolute Gasteiger partial charge is 0.307 e. The molecule has 3 aromatic carbocycles. The van der Waals surface area contributed by atoms with Crippen LogP contribution < -0.4 is 14.2 Å². The van der Waals surface area contributed by atoms with E-state index < -0.39 is 11.8 Å². The van der Waals surface area contributed by atoms with Crippen molar-refractivity contribution in [2.24, 2.45) is 0 Å². The summed E-state index contributed by atoms with van der Waals surface area (Å²) >= 11 is 0. The van der Waals surface area contributed by atoms with Crippen molar-refractivity contribution in [1.82, 2.24) is 4.98 Å². The summed E-state index contributed by atoms with van der Waals surface area (Å²) in [4.78, 5) is 14.7. The van der Waals surface area contributed by atoms with E-state index in [9.17, 15) is 14.3 Å². The number of hydrogen-bond donors (Lipinski definition) is 2. The molecule has 0 aliphatic carbocycles. The Morgan fingerprint density at radius 1 is 1.00 bits per heavy atom. The summed E-state index contributed by atoms with van der Waals surface area (Å²) in [7, 11) is 3.04. The molecule has 4 aromatic rings. The third kappa shape index (κ3) is 4.23. The van der Waals surface area contributed by atoms with E-state index in [1.807, 2.05) is 30.3 Å². The minimum absolute atomic E-state index is 0.268. The molecule has 0 bridgehead atoms. The molecule has 0 fully saturated rings. The largest absolute Gasteiger partial charge is 0.493 e. The Morgan fingerprint density at radius 2 is 1.69 bits per heavy atom. The van der Waals surface area contributed by atoms with Crippen LogP contribution in [0.4, 0.5) is 4.39 Å². The number of ether oxygens (including phenoxy) is 3. The summed E-state index contributed by atoms with van der Waals surface area (Å²) in [6, 6.07) is 17.4. The molecule has 32 heavy (non-hydrogen) atoms. The van der Waals surface area contributed by atoms with Gasteiger partial charge in [0.05, 0.1) is 26.3 Å². The van der Waals surface area contributed by atoms with Gasteiger partial charge in [-0.25, -0.2) is 4.39 Å². The molecule has 0 atom stereocenters. The number of hydrogen-bond acceptors (Lipinski definition) is 4. The van der Waals surface area contributed by atoms with Crippen LogP contribution in [0.1, 0.15) is 11.1 Å². The van der Waals surface area contributed by atoms with E-state index in [1.54, 1.807) is 18.2 Å². The number of fused-ring (bicyclic) bond motifs is 1. The number of rotatable bonds is 8. The highest BCUT2D eigenvalue weighted by molar-refractivity contribution is 5.94. The molecule has 0 spiro atoms. The van der Waals surface area contributed by atoms with Gasteiger partial charge in [0, 0.05) is 16.5 Å². The zero-order valence-corrected chi connectivity index (χ0v) is 17.6. The summed E-state index contributed by atoms with van der Waals surface area (Å²) < 4.78 is 31.0. The number of aliphatic carboxylic acids is 1. The number of carbonyl (C=O) groups is 1. The van der Waals surface area contributed by atoms with E-state index in [0.717, 1.165) is 5.56 Å². The number of aromatic nitrogens is 1. The molecule has 1 aromatic heterocycles. The number of aromatic amines is 1. The molecule has 6 nitrogen and oxygen atoms in total. The molecule has 164 valence electrons. The summed E-state index contributed by atoms with van der Waals surface area (Å²) in [5.41, 5.74) is 3.30. The third-order valence-corrected chi connectivity index (χ3v) is 5.17. The Morgan fingerprint density at radius 3 is 2.31 bits per heavy atom. The predicted octanol–water partition coefficient (Wildman–Crippen LogP) is 5.20. The van der Waals surface area contributed by atoms with Crippen molar-refractivity contribution in [3.05, 3.63) is 77.6 Å². The van der Waals surface area contributed by atoms with Crippen LogP contribution in [-0.4, -0.2) is 30.3 Å². The first kappa shape index (κ1) is 21.2. The Balaban J connectivity index is 1.80. The second-order valence-corrected chi connectivity index (χ2v) is 7.22. The second kappa shape index (κ2) is 9.01. The van der Waals surface area contributed by atoms with E-state index >= 15 is 0 Å². The number of carboxylic acid groups (broad SMARTS) is 1. The van der Waals surface area contributed by atoms with E-state index in [-0.39, 0.29) is 6.42 Å². The summed E-state index contributed by atoms with van der Waals surface area (Å²) in [5, 5.41) is 9.95. The summed E-state index contributed by atoms with van der Waals surface area (Å²) in [6.07, 6.45) is -0.268. The van der Waals surface area contributed by atoms with Crippen LogP contribution in [0.3, 0.4) is 0 Å². The van der Waals surface area contributed by atoms with Crippen molar-refractivity contribution in [2.75, 3.05) is 14.2 Å². The molecule has 0 aliphatic rings. The van der Waals surface area contributed by atoms with Gasteiger partial charge in [-0.1, -0.05) is 30.3 Å². The maximum atomic E-state index is 13.9. The van der Waals surface area contributed by atoms with Gasteiger partial charge in [0.2, 0.25) is 5.75 Å². The van der Waals surface area contributed by atoms with Gasteiger partial charge < -0.3 is 24.3 Å². The van der Waals surface area contributed by atoms with Gasteiger partial charge in [-0.3, -0.25) is 4.79 Å². The lowest BCUT2D eigenvalue weighted by atomic mass is 10.0. The third-order valence-electron chi connectivity index (χ3n) is 5.17. The minimum atomic E-state index is -1.02. The van der Waals surface area contributed by atoms with Crippen LogP contribution in [0.15, 0.2) is 60.7 Å². The number of halogens is 1. The van der Waals surface area contributed by atoms with Crippen molar-refractivity contribution < 1.29 is 28.5 Å². The SMILES string of the molecule is COc1cc(-c2[nH]c3ccc(F)cc3c2CC(=O)O)cc(OC)c1OCc1ccccc1. The Labute approximate surface area is 184 Å². The molecule has 7 heteroatoms. The molecule has 1 heterocycles. The lowest BCUT2D eigenvalue weighted by molar-refractivity contribution is -0.136. The Bertz CT molecular complexity index is 1240. The molecule has 0 aliphatic heterocycles. The molecular weight excluding hydrogens is 413 g/mol. The van der Waals surface area contributed by atoms with E-state index in [1.165, 1.54) is 26.4 Å². The Kier molecular flexibility index (Phi) is 5.98. The van der Waals surface area contributed by atoms with Crippen LogP contribution in [0, 0.1) is 5.82 Å². The molecule has 0 radical (unpaired) electrons. The van der Waals surface area contributed by atoms with Gasteiger partial charge in [-0.05, 0) is 41.5 Å². The number of carboxylic acids is 1. The van der Waals surface area contributed by atoms with Gasteiger partial charge >= 0.3 is 5.97 Å². The van der Waals surface area contributed by atoms with Crippen molar-refractivity contribution >= 4 is 16.9 Å². The van der Waals surface area contributed by atoms with Crippen molar-refractivity contribution in [3.8, 4) is 28.5 Å². The number of methoxy groups -OCH3 is 2. The normalized spacial score (nSPS) is 10.8. The minimum Gasteiger partial charge on any atom is -0.493 e. The van der Waals surface area contributed by atoms with Crippen molar-refractivity contribution in [2.45, 2.75) is 13.0 Å². The fraction of sp³-hybridized carbons (Fsp3) is 0.160. The predicted molar refractivity (Wildman–Crippen MR) is 119 cm³/mol.